The standard InChI is InChI=1S/C16H17NO3/c1-11-6-4-5-9-17(11)16(19)15-10-13(18)12-7-2-3-8-14(12)20-15/h2-3,7-8,10-11H,4-6,9H2,1H3. The van der Waals surface area contributed by atoms with Crippen molar-refractivity contribution in [2.45, 2.75) is 32.2 Å². The highest BCUT2D eigenvalue weighted by atomic mass is 16.3. The van der Waals surface area contributed by atoms with E-state index in [-0.39, 0.29) is 23.1 Å². The third-order valence-electron chi connectivity index (χ3n) is 3.91. The predicted molar refractivity (Wildman–Crippen MR) is 76.8 cm³/mol. The molecule has 0 bridgehead atoms. The number of carbonyl (C=O) groups excluding carboxylic acids is 1. The summed E-state index contributed by atoms with van der Waals surface area (Å²) in [6.07, 6.45) is 3.16. The van der Waals surface area contributed by atoms with Gasteiger partial charge in [-0.1, -0.05) is 12.1 Å². The minimum absolute atomic E-state index is 0.141. The van der Waals surface area contributed by atoms with Crippen LogP contribution in [0.3, 0.4) is 0 Å². The lowest BCUT2D eigenvalue weighted by atomic mass is 10.0. The lowest BCUT2D eigenvalue weighted by molar-refractivity contribution is 0.0603. The average molecular weight is 271 g/mol. The monoisotopic (exact) mass is 271 g/mol. The zero-order valence-electron chi connectivity index (χ0n) is 11.5. The van der Waals surface area contributed by atoms with E-state index in [9.17, 15) is 9.59 Å². The largest absolute Gasteiger partial charge is 0.451 e. The van der Waals surface area contributed by atoms with Gasteiger partial charge >= 0.3 is 0 Å². The summed E-state index contributed by atoms with van der Waals surface area (Å²) in [7, 11) is 0. The molecule has 4 nitrogen and oxygen atoms in total. The fourth-order valence-corrected chi connectivity index (χ4v) is 2.75. The van der Waals surface area contributed by atoms with Crippen molar-refractivity contribution in [1.29, 1.82) is 0 Å². The molecule has 1 fully saturated rings. The van der Waals surface area contributed by atoms with Crippen LogP contribution >= 0.6 is 0 Å². The van der Waals surface area contributed by atoms with Crippen molar-refractivity contribution in [2.75, 3.05) is 6.54 Å². The third kappa shape index (κ3) is 2.22. The maximum absolute atomic E-state index is 12.5. The van der Waals surface area contributed by atoms with Crippen molar-refractivity contribution in [3.63, 3.8) is 0 Å². The number of para-hydroxylation sites is 1. The highest BCUT2D eigenvalue weighted by Gasteiger charge is 2.26. The second-order valence-electron chi connectivity index (χ2n) is 5.31. The molecule has 0 saturated carbocycles. The number of benzene rings is 1. The van der Waals surface area contributed by atoms with Gasteiger partial charge < -0.3 is 9.32 Å². The Hall–Kier alpha value is -2.10. The second kappa shape index (κ2) is 5.12. The van der Waals surface area contributed by atoms with Gasteiger partial charge in [0.15, 0.2) is 11.2 Å². The third-order valence-corrected chi connectivity index (χ3v) is 3.91. The molecular formula is C16H17NO3. The van der Waals surface area contributed by atoms with Crippen molar-refractivity contribution in [1.82, 2.24) is 4.90 Å². The van der Waals surface area contributed by atoms with Crippen molar-refractivity contribution in [3.8, 4) is 0 Å². The van der Waals surface area contributed by atoms with Gasteiger partial charge in [0, 0.05) is 18.7 Å². The molecule has 1 aromatic carbocycles. The van der Waals surface area contributed by atoms with Crippen LogP contribution in [0, 0.1) is 0 Å². The van der Waals surface area contributed by atoms with Crippen LogP contribution in [0.1, 0.15) is 36.7 Å². The van der Waals surface area contributed by atoms with Gasteiger partial charge in [0.25, 0.3) is 5.91 Å². The van der Waals surface area contributed by atoms with Crippen LogP contribution in [0.2, 0.25) is 0 Å². The van der Waals surface area contributed by atoms with Gasteiger partial charge in [-0.25, -0.2) is 0 Å². The van der Waals surface area contributed by atoms with Crippen molar-refractivity contribution in [2.24, 2.45) is 0 Å². The Morgan fingerprint density at radius 2 is 2.10 bits per heavy atom. The van der Waals surface area contributed by atoms with E-state index in [2.05, 4.69) is 0 Å². The Morgan fingerprint density at radius 3 is 2.90 bits per heavy atom. The fourth-order valence-electron chi connectivity index (χ4n) is 2.75. The Balaban J connectivity index is 2.01. The number of hydrogen-bond donors (Lipinski definition) is 0. The van der Waals surface area contributed by atoms with Crippen LogP contribution in [0.15, 0.2) is 39.5 Å². The van der Waals surface area contributed by atoms with Gasteiger partial charge in [0.05, 0.1) is 5.39 Å². The quantitative estimate of drug-likeness (QED) is 0.801. The molecule has 2 heterocycles. The number of fused-ring (bicyclic) bond motifs is 1. The summed E-state index contributed by atoms with van der Waals surface area (Å²) in [6, 6.07) is 8.52. The molecule has 0 radical (unpaired) electrons. The molecule has 0 aliphatic carbocycles. The first-order chi connectivity index (χ1) is 9.66. The number of carbonyl (C=O) groups is 1. The van der Waals surface area contributed by atoms with Gasteiger partial charge in [-0.15, -0.1) is 0 Å². The van der Waals surface area contributed by atoms with Gasteiger partial charge in [-0.05, 0) is 38.3 Å². The highest BCUT2D eigenvalue weighted by molar-refractivity contribution is 5.93. The fraction of sp³-hybridized carbons (Fsp3) is 0.375. The number of nitrogens with zero attached hydrogens (tertiary/aromatic N) is 1. The SMILES string of the molecule is CC1CCCCN1C(=O)c1cc(=O)c2ccccc2o1. The number of rotatable bonds is 1. The van der Waals surface area contributed by atoms with E-state index in [1.165, 1.54) is 6.07 Å². The van der Waals surface area contributed by atoms with Gasteiger partial charge in [-0.3, -0.25) is 9.59 Å². The van der Waals surface area contributed by atoms with Crippen molar-refractivity contribution in [3.05, 3.63) is 46.3 Å². The van der Waals surface area contributed by atoms with Crippen molar-refractivity contribution < 1.29 is 9.21 Å². The van der Waals surface area contributed by atoms with E-state index in [4.69, 9.17) is 4.42 Å². The van der Waals surface area contributed by atoms with Crippen LogP contribution in [0.25, 0.3) is 11.0 Å². The molecule has 0 spiro atoms. The summed E-state index contributed by atoms with van der Waals surface area (Å²) in [5, 5.41) is 0.510. The first-order valence-corrected chi connectivity index (χ1v) is 7.00. The summed E-state index contributed by atoms with van der Waals surface area (Å²) < 4.78 is 5.61. The summed E-state index contributed by atoms with van der Waals surface area (Å²) in [5.41, 5.74) is 0.299. The topological polar surface area (TPSA) is 50.5 Å². The summed E-state index contributed by atoms with van der Waals surface area (Å²) in [5.74, 6) is -0.0393. The maximum atomic E-state index is 12.5. The first kappa shape index (κ1) is 12.9. The molecule has 1 saturated heterocycles. The molecule has 1 aromatic heterocycles. The average Bonchev–Trinajstić information content (AvgIpc) is 2.47. The Bertz CT molecular complexity index is 704. The molecule has 1 amide bonds. The Kier molecular flexibility index (Phi) is 3.30. The number of amides is 1. The summed E-state index contributed by atoms with van der Waals surface area (Å²) in [6.45, 7) is 2.77. The molecule has 4 heteroatoms. The minimum atomic E-state index is -0.181. The second-order valence-corrected chi connectivity index (χ2v) is 5.31. The molecule has 1 aliphatic heterocycles. The van der Waals surface area contributed by atoms with E-state index in [1.807, 2.05) is 6.92 Å². The summed E-state index contributed by atoms with van der Waals surface area (Å²) in [4.78, 5) is 26.3. The van der Waals surface area contributed by atoms with Crippen LogP contribution in [-0.2, 0) is 0 Å². The van der Waals surface area contributed by atoms with Gasteiger partial charge in [-0.2, -0.15) is 0 Å². The van der Waals surface area contributed by atoms with Crippen LogP contribution in [0.5, 0.6) is 0 Å². The van der Waals surface area contributed by atoms with Gasteiger partial charge in [0.2, 0.25) is 0 Å². The smallest absolute Gasteiger partial charge is 0.289 e. The molecular weight excluding hydrogens is 254 g/mol. The van der Waals surface area contributed by atoms with Crippen molar-refractivity contribution >= 4 is 16.9 Å². The molecule has 1 unspecified atom stereocenters. The Morgan fingerprint density at radius 1 is 1.30 bits per heavy atom. The minimum Gasteiger partial charge on any atom is -0.451 e. The molecule has 104 valence electrons. The van der Waals surface area contributed by atoms with Crippen LogP contribution in [0.4, 0.5) is 0 Å². The van der Waals surface area contributed by atoms with E-state index >= 15 is 0 Å². The Labute approximate surface area is 117 Å². The zero-order valence-corrected chi connectivity index (χ0v) is 11.5. The molecule has 20 heavy (non-hydrogen) atoms. The number of likely N-dealkylation sites (tertiary alicyclic amines) is 1. The predicted octanol–water partition coefficient (Wildman–Crippen LogP) is 2.81. The first-order valence-electron chi connectivity index (χ1n) is 7.00. The van der Waals surface area contributed by atoms with E-state index in [1.54, 1.807) is 29.2 Å². The molecule has 1 aliphatic rings. The van der Waals surface area contributed by atoms with Crippen LogP contribution < -0.4 is 5.43 Å². The lowest BCUT2D eigenvalue weighted by Crippen LogP contribution is -2.42. The number of piperidine rings is 1. The molecule has 0 N–H and O–H groups in total. The highest BCUT2D eigenvalue weighted by Crippen LogP contribution is 2.20. The lowest BCUT2D eigenvalue weighted by Gasteiger charge is -2.32. The van der Waals surface area contributed by atoms with Gasteiger partial charge in [0.1, 0.15) is 5.58 Å². The summed E-state index contributed by atoms with van der Waals surface area (Å²) >= 11 is 0. The molecule has 2 aromatic rings. The molecule has 3 rings (SSSR count). The van der Waals surface area contributed by atoms with E-state index in [0.717, 1.165) is 25.8 Å². The van der Waals surface area contributed by atoms with E-state index < -0.39 is 0 Å². The number of hydrogen-bond acceptors (Lipinski definition) is 3. The molecule has 1 atom stereocenters. The van der Waals surface area contributed by atoms with E-state index in [0.29, 0.717) is 11.0 Å². The normalized spacial score (nSPS) is 19.2. The maximum Gasteiger partial charge on any atom is 0.289 e. The van der Waals surface area contributed by atoms with Crippen LogP contribution in [-0.4, -0.2) is 23.4 Å². The zero-order chi connectivity index (χ0) is 14.1.